The molecule has 0 aliphatic heterocycles. The van der Waals surface area contributed by atoms with E-state index < -0.39 is 39.3 Å². The topological polar surface area (TPSA) is 139 Å². The Hall–Kier alpha value is -4.75. The molecule has 0 saturated carbocycles. The van der Waals surface area contributed by atoms with Gasteiger partial charge in [0.25, 0.3) is 15.7 Å². The zero-order valence-electron chi connectivity index (χ0n) is 25.4. The van der Waals surface area contributed by atoms with Gasteiger partial charge in [0.05, 0.1) is 22.6 Å². The third-order valence-electron chi connectivity index (χ3n) is 7.39. The van der Waals surface area contributed by atoms with Gasteiger partial charge in [-0.25, -0.2) is 8.42 Å². The van der Waals surface area contributed by atoms with E-state index in [1.165, 1.54) is 50.2 Å². The molecular formula is C33H33BrN4O7S. The average Bonchev–Trinajstić information content (AvgIpc) is 3.06. The fourth-order valence-electron chi connectivity index (χ4n) is 4.86. The lowest BCUT2D eigenvalue weighted by molar-refractivity contribution is -0.385. The van der Waals surface area contributed by atoms with Crippen molar-refractivity contribution in [1.82, 2.24) is 10.2 Å². The van der Waals surface area contributed by atoms with Crippen molar-refractivity contribution in [3.8, 4) is 5.75 Å². The summed E-state index contributed by atoms with van der Waals surface area (Å²) >= 11 is 3.41. The number of aryl methyl sites for hydroxylation is 1. The molecule has 0 heterocycles. The van der Waals surface area contributed by atoms with E-state index in [0.29, 0.717) is 11.3 Å². The van der Waals surface area contributed by atoms with Crippen LogP contribution in [0.4, 0.5) is 11.4 Å². The number of nitrogens with zero attached hydrogens (tertiary/aromatic N) is 3. The fraction of sp³-hybridized carbons (Fsp3) is 0.212. The highest BCUT2D eigenvalue weighted by Gasteiger charge is 2.35. The van der Waals surface area contributed by atoms with Gasteiger partial charge in [-0.05, 0) is 60.5 Å². The number of nitro groups is 1. The molecule has 4 aromatic carbocycles. The Bertz CT molecular complexity index is 1800. The van der Waals surface area contributed by atoms with Crippen molar-refractivity contribution in [1.29, 1.82) is 0 Å². The van der Waals surface area contributed by atoms with Crippen LogP contribution in [0.15, 0.2) is 106 Å². The molecule has 240 valence electrons. The molecule has 1 atom stereocenters. The maximum Gasteiger partial charge on any atom is 0.273 e. The van der Waals surface area contributed by atoms with Gasteiger partial charge in [0.15, 0.2) is 0 Å². The van der Waals surface area contributed by atoms with Gasteiger partial charge in [0.1, 0.15) is 18.3 Å². The first-order valence-corrected chi connectivity index (χ1v) is 16.4. The zero-order valence-corrected chi connectivity index (χ0v) is 27.8. The molecule has 0 aliphatic rings. The number of hydrogen-bond acceptors (Lipinski definition) is 7. The third kappa shape index (κ3) is 8.09. The third-order valence-corrected chi connectivity index (χ3v) is 9.69. The number of ether oxygens (including phenoxy) is 1. The minimum absolute atomic E-state index is 0.00351. The van der Waals surface area contributed by atoms with E-state index in [0.717, 1.165) is 20.4 Å². The number of halogens is 1. The van der Waals surface area contributed by atoms with Crippen LogP contribution in [0, 0.1) is 17.0 Å². The predicted molar refractivity (Wildman–Crippen MR) is 178 cm³/mol. The van der Waals surface area contributed by atoms with E-state index in [1.54, 1.807) is 24.3 Å². The summed E-state index contributed by atoms with van der Waals surface area (Å²) in [5.74, 6) is -0.631. The molecule has 0 aliphatic carbocycles. The molecule has 0 fully saturated rings. The van der Waals surface area contributed by atoms with Gasteiger partial charge in [0.2, 0.25) is 11.8 Å². The number of benzene rings is 4. The molecule has 0 bridgehead atoms. The molecule has 0 spiro atoms. The Kier molecular flexibility index (Phi) is 11.1. The van der Waals surface area contributed by atoms with E-state index in [4.69, 9.17) is 4.74 Å². The molecule has 0 radical (unpaired) electrons. The Morgan fingerprint density at radius 2 is 1.61 bits per heavy atom. The molecule has 46 heavy (non-hydrogen) atoms. The van der Waals surface area contributed by atoms with Crippen molar-refractivity contribution in [2.24, 2.45) is 0 Å². The maximum absolute atomic E-state index is 14.4. The van der Waals surface area contributed by atoms with Gasteiger partial charge in [-0.2, -0.15) is 0 Å². The van der Waals surface area contributed by atoms with E-state index in [1.807, 2.05) is 42.5 Å². The summed E-state index contributed by atoms with van der Waals surface area (Å²) in [5.41, 5.74) is 1.55. The second-order valence-electron chi connectivity index (χ2n) is 10.4. The summed E-state index contributed by atoms with van der Waals surface area (Å²) in [4.78, 5) is 39.8. The van der Waals surface area contributed by atoms with E-state index in [2.05, 4.69) is 21.2 Å². The first kappa shape index (κ1) is 34.1. The Morgan fingerprint density at radius 3 is 2.20 bits per heavy atom. The molecule has 1 N–H and O–H groups in total. The summed E-state index contributed by atoms with van der Waals surface area (Å²) in [6, 6.07) is 25.1. The van der Waals surface area contributed by atoms with Crippen LogP contribution in [-0.2, 0) is 32.6 Å². The van der Waals surface area contributed by atoms with Crippen LogP contribution in [0.2, 0.25) is 0 Å². The van der Waals surface area contributed by atoms with E-state index >= 15 is 0 Å². The van der Waals surface area contributed by atoms with Gasteiger partial charge in [0, 0.05) is 36.1 Å². The molecule has 4 rings (SSSR count). The van der Waals surface area contributed by atoms with Gasteiger partial charge < -0.3 is 15.0 Å². The molecule has 11 nitrogen and oxygen atoms in total. The van der Waals surface area contributed by atoms with Crippen LogP contribution in [0.25, 0.3) is 0 Å². The number of sulfonamides is 1. The molecule has 13 heteroatoms. The highest BCUT2D eigenvalue weighted by atomic mass is 79.9. The van der Waals surface area contributed by atoms with Crippen molar-refractivity contribution < 1.29 is 27.7 Å². The van der Waals surface area contributed by atoms with Crippen LogP contribution in [0.5, 0.6) is 5.75 Å². The standard InChI is InChI=1S/C33H33BrN4O7S/c1-23-9-18-29(20-30(23)38(41)42)46(43,44)37(27-14-16-28(45-3)17-15-27)22-32(39)36(21-25-10-12-26(34)13-11-25)31(33(40)35-2)19-24-7-5-4-6-8-24/h4-18,20,31H,19,21-22H2,1-3H3,(H,35,40)/t31-/m0/s1. The second kappa shape index (κ2) is 15.0. The fourth-order valence-corrected chi connectivity index (χ4v) is 6.56. The summed E-state index contributed by atoms with van der Waals surface area (Å²) in [5, 5.41) is 14.3. The molecule has 0 saturated heterocycles. The average molecular weight is 710 g/mol. The Balaban J connectivity index is 1.82. The minimum atomic E-state index is -4.53. The number of rotatable bonds is 13. The summed E-state index contributed by atoms with van der Waals surface area (Å²) in [6.45, 7) is 0.809. The number of carbonyl (C=O) groups excluding carboxylic acids is 2. The van der Waals surface area contributed by atoms with Crippen LogP contribution in [0.1, 0.15) is 16.7 Å². The summed E-state index contributed by atoms with van der Waals surface area (Å²) in [7, 11) is -1.59. The van der Waals surface area contributed by atoms with E-state index in [-0.39, 0.29) is 34.8 Å². The Morgan fingerprint density at radius 1 is 0.957 bits per heavy atom. The number of nitro benzene ring substituents is 1. The van der Waals surface area contributed by atoms with Gasteiger partial charge in [-0.15, -0.1) is 0 Å². The van der Waals surface area contributed by atoms with Crippen molar-refractivity contribution in [3.05, 3.63) is 128 Å². The number of nitrogens with one attached hydrogen (secondary N) is 1. The quantitative estimate of drug-likeness (QED) is 0.148. The number of anilines is 1. The summed E-state index contributed by atoms with van der Waals surface area (Å²) in [6.07, 6.45) is 0.169. The molecular weight excluding hydrogens is 676 g/mol. The highest BCUT2D eigenvalue weighted by molar-refractivity contribution is 9.10. The largest absolute Gasteiger partial charge is 0.497 e. The molecule has 0 aromatic heterocycles. The monoisotopic (exact) mass is 708 g/mol. The van der Waals surface area contributed by atoms with Crippen molar-refractivity contribution in [2.75, 3.05) is 25.0 Å². The first-order chi connectivity index (χ1) is 21.9. The Labute approximate surface area is 276 Å². The SMILES string of the molecule is CNC(=O)[C@H](Cc1ccccc1)N(Cc1ccc(Br)cc1)C(=O)CN(c1ccc(OC)cc1)S(=O)(=O)c1ccc(C)c([N+](=O)[O-])c1. The van der Waals surface area contributed by atoms with Crippen molar-refractivity contribution in [3.63, 3.8) is 0 Å². The lowest BCUT2D eigenvalue weighted by Crippen LogP contribution is -2.53. The number of hydrogen-bond donors (Lipinski definition) is 1. The van der Waals surface area contributed by atoms with Crippen LogP contribution >= 0.6 is 15.9 Å². The van der Waals surface area contributed by atoms with Crippen LogP contribution < -0.4 is 14.4 Å². The zero-order chi connectivity index (χ0) is 33.4. The lowest BCUT2D eigenvalue weighted by Gasteiger charge is -2.33. The van der Waals surface area contributed by atoms with Crippen LogP contribution in [0.3, 0.4) is 0 Å². The molecule has 4 aromatic rings. The van der Waals surface area contributed by atoms with Crippen molar-refractivity contribution in [2.45, 2.75) is 30.8 Å². The highest BCUT2D eigenvalue weighted by Crippen LogP contribution is 2.30. The maximum atomic E-state index is 14.4. The normalized spacial score (nSPS) is 11.7. The smallest absolute Gasteiger partial charge is 0.273 e. The molecule has 2 amide bonds. The van der Waals surface area contributed by atoms with E-state index in [9.17, 15) is 28.1 Å². The van der Waals surface area contributed by atoms with Gasteiger partial charge in [-0.3, -0.25) is 24.0 Å². The number of amides is 2. The first-order valence-electron chi connectivity index (χ1n) is 14.2. The minimum Gasteiger partial charge on any atom is -0.497 e. The number of methoxy groups -OCH3 is 1. The molecule has 0 unspecified atom stereocenters. The second-order valence-corrected chi connectivity index (χ2v) is 13.2. The predicted octanol–water partition coefficient (Wildman–Crippen LogP) is 5.26. The lowest BCUT2D eigenvalue weighted by atomic mass is 10.0. The van der Waals surface area contributed by atoms with Crippen LogP contribution in [-0.4, -0.2) is 56.8 Å². The van der Waals surface area contributed by atoms with Crippen molar-refractivity contribution >= 4 is 49.1 Å². The number of likely N-dealkylation sites (N-methyl/N-ethyl adjacent to an activating group) is 1. The van der Waals surface area contributed by atoms with Gasteiger partial charge >= 0.3 is 0 Å². The summed E-state index contributed by atoms with van der Waals surface area (Å²) < 4.78 is 35.3. The number of carbonyl (C=O) groups is 2. The van der Waals surface area contributed by atoms with Gasteiger partial charge in [-0.1, -0.05) is 64.5 Å².